The summed E-state index contributed by atoms with van der Waals surface area (Å²) < 4.78 is 0. The Kier molecular flexibility index (Phi) is 2.94. The van der Waals surface area contributed by atoms with Crippen LogP contribution in [0.25, 0.3) is 0 Å². The number of fused-ring (bicyclic) bond motifs is 1. The number of amides is 1. The van der Waals surface area contributed by atoms with Crippen LogP contribution in [0.1, 0.15) is 6.92 Å². The van der Waals surface area contributed by atoms with E-state index < -0.39 is 5.97 Å². The third kappa shape index (κ3) is 1.54. The zero-order valence-electron chi connectivity index (χ0n) is 8.16. The Labute approximate surface area is 106 Å². The third-order valence-corrected chi connectivity index (χ3v) is 4.26. The summed E-state index contributed by atoms with van der Waals surface area (Å²) in [5, 5.41) is 9.26. The number of halogens is 2. The second kappa shape index (κ2) is 3.98. The number of carbonyl (C=O) groups is 2. The Balaban J connectivity index is 2.43. The lowest BCUT2D eigenvalue weighted by Gasteiger charge is -2.45. The first kappa shape index (κ1) is 11.8. The first-order valence-corrected chi connectivity index (χ1v) is 6.19. The molecule has 2 heterocycles. The topological polar surface area (TPSA) is 57.6 Å². The average molecular weight is 280 g/mol. The van der Waals surface area contributed by atoms with Gasteiger partial charge in [0.15, 0.2) is 0 Å². The predicted molar refractivity (Wildman–Crippen MR) is 62.2 cm³/mol. The van der Waals surface area contributed by atoms with Gasteiger partial charge >= 0.3 is 5.97 Å². The number of carbonyl (C=O) groups excluding carboxylic acids is 1. The third-order valence-electron chi connectivity index (χ3n) is 2.37. The molecule has 2 rings (SSSR count). The molecular formula is C9H7Cl2NO3S. The van der Waals surface area contributed by atoms with Crippen LogP contribution < -0.4 is 0 Å². The Morgan fingerprint density at radius 2 is 2.25 bits per heavy atom. The number of nitrogens with zero attached hydrogens (tertiary/aromatic N) is 1. The van der Waals surface area contributed by atoms with E-state index in [0.29, 0.717) is 16.4 Å². The summed E-state index contributed by atoms with van der Waals surface area (Å²) in [5.41, 5.74) is 0.340. The number of thioether (sulfide) groups is 1. The fourth-order valence-corrected chi connectivity index (χ4v) is 3.51. The van der Waals surface area contributed by atoms with E-state index in [-0.39, 0.29) is 22.0 Å². The van der Waals surface area contributed by atoms with Gasteiger partial charge in [0.25, 0.3) is 5.91 Å². The summed E-state index contributed by atoms with van der Waals surface area (Å²) in [6, 6.07) is 0. The highest BCUT2D eigenvalue weighted by atomic mass is 35.5. The van der Waals surface area contributed by atoms with Crippen molar-refractivity contribution in [1.82, 2.24) is 4.90 Å². The molecule has 0 aromatic heterocycles. The molecule has 1 fully saturated rings. The summed E-state index contributed by atoms with van der Waals surface area (Å²) in [4.78, 5) is 23.9. The fraction of sp³-hybridized carbons (Fsp3) is 0.333. The molecule has 4 nitrogen and oxygen atoms in total. The summed E-state index contributed by atoms with van der Waals surface area (Å²) in [5.74, 6) is -1.18. The molecule has 0 spiro atoms. The van der Waals surface area contributed by atoms with E-state index >= 15 is 0 Å². The van der Waals surface area contributed by atoms with Crippen LogP contribution in [0.2, 0.25) is 0 Å². The highest BCUT2D eigenvalue weighted by Crippen LogP contribution is 2.45. The number of aliphatic carboxylic acids is 1. The van der Waals surface area contributed by atoms with Crippen molar-refractivity contribution in [2.24, 2.45) is 0 Å². The molecule has 2 aliphatic rings. The minimum absolute atomic E-state index is 0.128. The number of carboxylic acids is 1. The van der Waals surface area contributed by atoms with Crippen LogP contribution in [-0.4, -0.2) is 33.0 Å². The summed E-state index contributed by atoms with van der Waals surface area (Å²) in [6.45, 7) is 1.62. The lowest BCUT2D eigenvalue weighted by Crippen LogP contribution is -2.56. The molecule has 0 bridgehead atoms. The van der Waals surface area contributed by atoms with E-state index in [2.05, 4.69) is 0 Å². The number of hydrogen-bond acceptors (Lipinski definition) is 3. The first-order valence-electron chi connectivity index (χ1n) is 4.38. The Hall–Kier alpha value is -0.650. The van der Waals surface area contributed by atoms with Gasteiger partial charge in [0.2, 0.25) is 0 Å². The molecule has 1 amide bonds. The summed E-state index contributed by atoms with van der Waals surface area (Å²) >= 11 is 13.0. The molecule has 16 heavy (non-hydrogen) atoms. The maximum absolute atomic E-state index is 11.7. The van der Waals surface area contributed by atoms with Gasteiger partial charge < -0.3 is 5.11 Å². The van der Waals surface area contributed by atoms with Crippen molar-refractivity contribution in [2.45, 2.75) is 12.3 Å². The van der Waals surface area contributed by atoms with Crippen molar-refractivity contribution < 1.29 is 14.7 Å². The molecule has 1 N–H and O–H groups in total. The van der Waals surface area contributed by atoms with Crippen molar-refractivity contribution in [2.75, 3.05) is 5.75 Å². The molecule has 0 aromatic rings. The number of allylic oxidation sites excluding steroid dienone is 1. The lowest BCUT2D eigenvalue weighted by molar-refractivity contribution is -0.141. The van der Waals surface area contributed by atoms with Gasteiger partial charge in [0.05, 0.1) is 10.6 Å². The SMILES string of the molecule is CC(Cl)=C1C(=O)N2C(C(=O)O)=C(Cl)CS[C@H]12. The molecule has 7 heteroatoms. The van der Waals surface area contributed by atoms with E-state index in [1.54, 1.807) is 6.92 Å². The summed E-state index contributed by atoms with van der Waals surface area (Å²) in [6.07, 6.45) is 0. The normalized spacial score (nSPS) is 27.6. The fourth-order valence-electron chi connectivity index (χ4n) is 1.67. The van der Waals surface area contributed by atoms with Gasteiger partial charge in [-0.15, -0.1) is 11.8 Å². The van der Waals surface area contributed by atoms with Crippen molar-refractivity contribution in [3.8, 4) is 0 Å². The van der Waals surface area contributed by atoms with Gasteiger partial charge in [-0.05, 0) is 6.92 Å². The number of carboxylic acid groups (broad SMARTS) is 1. The molecule has 0 unspecified atom stereocenters. The molecule has 2 aliphatic heterocycles. The van der Waals surface area contributed by atoms with Crippen LogP contribution in [0.3, 0.4) is 0 Å². The molecule has 0 radical (unpaired) electrons. The van der Waals surface area contributed by atoms with Gasteiger partial charge in [-0.2, -0.15) is 0 Å². The molecule has 0 saturated carbocycles. The van der Waals surface area contributed by atoms with Crippen LogP contribution in [0.15, 0.2) is 21.3 Å². The second-order valence-corrected chi connectivity index (χ2v) is 5.44. The molecule has 1 saturated heterocycles. The van der Waals surface area contributed by atoms with Gasteiger partial charge in [0, 0.05) is 10.8 Å². The summed E-state index contributed by atoms with van der Waals surface area (Å²) in [7, 11) is 0. The number of β-lactam (4-membered cyclic amide) rings is 1. The molecule has 86 valence electrons. The van der Waals surface area contributed by atoms with Crippen molar-refractivity contribution in [3.05, 3.63) is 21.3 Å². The van der Waals surface area contributed by atoms with Crippen LogP contribution in [0.5, 0.6) is 0 Å². The van der Waals surface area contributed by atoms with Crippen molar-refractivity contribution >= 4 is 46.8 Å². The molecule has 1 atom stereocenters. The molecule has 0 aliphatic carbocycles. The van der Waals surface area contributed by atoms with E-state index in [1.807, 2.05) is 0 Å². The smallest absolute Gasteiger partial charge is 0.353 e. The van der Waals surface area contributed by atoms with E-state index in [9.17, 15) is 9.59 Å². The van der Waals surface area contributed by atoms with Crippen LogP contribution in [-0.2, 0) is 9.59 Å². The maximum atomic E-state index is 11.7. The number of hydrogen-bond donors (Lipinski definition) is 1. The zero-order valence-corrected chi connectivity index (χ0v) is 10.5. The molecule has 0 aromatic carbocycles. The highest BCUT2D eigenvalue weighted by Gasteiger charge is 2.50. The Morgan fingerprint density at radius 1 is 1.62 bits per heavy atom. The Morgan fingerprint density at radius 3 is 2.75 bits per heavy atom. The van der Waals surface area contributed by atoms with Crippen molar-refractivity contribution in [3.63, 3.8) is 0 Å². The highest BCUT2D eigenvalue weighted by molar-refractivity contribution is 8.00. The Bertz CT molecular complexity index is 454. The average Bonchev–Trinajstić information content (AvgIpc) is 2.17. The van der Waals surface area contributed by atoms with Gasteiger partial charge in [-0.1, -0.05) is 23.2 Å². The minimum Gasteiger partial charge on any atom is -0.477 e. The molecular weight excluding hydrogens is 273 g/mol. The first-order chi connectivity index (χ1) is 7.45. The van der Waals surface area contributed by atoms with Crippen molar-refractivity contribution in [1.29, 1.82) is 0 Å². The second-order valence-electron chi connectivity index (χ2n) is 3.34. The van der Waals surface area contributed by atoms with E-state index in [1.165, 1.54) is 16.7 Å². The van der Waals surface area contributed by atoms with E-state index in [4.69, 9.17) is 28.3 Å². The van der Waals surface area contributed by atoms with Gasteiger partial charge in [-0.25, -0.2) is 4.79 Å². The quantitative estimate of drug-likeness (QED) is 0.589. The lowest BCUT2D eigenvalue weighted by atomic mass is 10.0. The predicted octanol–water partition coefficient (Wildman–Crippen LogP) is 1.95. The van der Waals surface area contributed by atoms with Crippen LogP contribution >= 0.6 is 35.0 Å². The van der Waals surface area contributed by atoms with Crippen LogP contribution in [0.4, 0.5) is 0 Å². The number of rotatable bonds is 1. The van der Waals surface area contributed by atoms with Gasteiger partial charge in [0.1, 0.15) is 11.1 Å². The van der Waals surface area contributed by atoms with Gasteiger partial charge in [-0.3, -0.25) is 9.69 Å². The van der Waals surface area contributed by atoms with Crippen LogP contribution in [0, 0.1) is 0 Å². The standard InChI is InChI=1S/C9H7Cl2NO3S/c1-3(10)5-7(13)12-6(9(14)15)4(11)2-16-8(5)12/h8H,2H2,1H3,(H,14,15)/t8-/m1/s1. The largest absolute Gasteiger partial charge is 0.477 e. The zero-order chi connectivity index (χ0) is 12.0. The van der Waals surface area contributed by atoms with E-state index in [0.717, 1.165) is 0 Å². The maximum Gasteiger partial charge on any atom is 0.353 e. The minimum atomic E-state index is -1.19. The monoisotopic (exact) mass is 279 g/mol.